The van der Waals surface area contributed by atoms with Crippen LogP contribution >= 0.6 is 0 Å². The van der Waals surface area contributed by atoms with Crippen LogP contribution in [0.2, 0.25) is 0 Å². The minimum atomic E-state index is -1.16. The fourth-order valence-electron chi connectivity index (χ4n) is 4.77. The van der Waals surface area contributed by atoms with E-state index >= 15 is 0 Å². The van der Waals surface area contributed by atoms with Crippen molar-refractivity contribution in [3.63, 3.8) is 0 Å². The Labute approximate surface area is 197 Å². The lowest BCUT2D eigenvalue weighted by atomic mass is 9.98. The standard InChI is InChI=1S/C27H26N2O5/c30-24(25(31)16-9-10-17-14-29-26(32)22(17)13-16)11-12-28-27(33)34-15-23-20-7-3-1-5-18(20)19-6-2-4-8-21(19)23/h1-10,13,23-25,30-31H,11-12,14-15H2,(H,28,33)(H,29,32). The van der Waals surface area contributed by atoms with Crippen LogP contribution in [0.15, 0.2) is 66.7 Å². The first-order valence-corrected chi connectivity index (χ1v) is 11.4. The molecule has 1 heterocycles. The molecule has 0 bridgehead atoms. The smallest absolute Gasteiger partial charge is 0.407 e. The number of aliphatic hydroxyl groups excluding tert-OH is 2. The maximum Gasteiger partial charge on any atom is 0.407 e. The molecule has 2 unspecified atom stereocenters. The highest BCUT2D eigenvalue weighted by Gasteiger charge is 2.29. The van der Waals surface area contributed by atoms with Crippen molar-refractivity contribution < 1.29 is 24.5 Å². The van der Waals surface area contributed by atoms with Gasteiger partial charge in [-0.1, -0.05) is 60.7 Å². The number of amides is 2. The highest BCUT2D eigenvalue weighted by atomic mass is 16.5. The molecule has 2 aliphatic rings. The molecule has 0 fully saturated rings. The lowest BCUT2D eigenvalue weighted by molar-refractivity contribution is 0.0136. The van der Waals surface area contributed by atoms with Gasteiger partial charge in [0.1, 0.15) is 12.7 Å². The topological polar surface area (TPSA) is 108 Å². The molecule has 4 N–H and O–H groups in total. The summed E-state index contributed by atoms with van der Waals surface area (Å²) in [6.07, 6.45) is -2.70. The van der Waals surface area contributed by atoms with Crippen LogP contribution in [0, 0.1) is 0 Å². The van der Waals surface area contributed by atoms with Gasteiger partial charge in [-0.2, -0.15) is 0 Å². The summed E-state index contributed by atoms with van der Waals surface area (Å²) in [7, 11) is 0. The summed E-state index contributed by atoms with van der Waals surface area (Å²) in [4.78, 5) is 24.1. The first-order chi connectivity index (χ1) is 16.5. The molecule has 5 rings (SSSR count). The van der Waals surface area contributed by atoms with E-state index in [1.807, 2.05) is 24.3 Å². The van der Waals surface area contributed by atoms with E-state index in [9.17, 15) is 19.8 Å². The van der Waals surface area contributed by atoms with Gasteiger partial charge in [0.05, 0.1) is 6.10 Å². The molecule has 7 heteroatoms. The average Bonchev–Trinajstić information content (AvgIpc) is 3.39. The average molecular weight is 459 g/mol. The molecule has 0 radical (unpaired) electrons. The van der Waals surface area contributed by atoms with Gasteiger partial charge in [0.25, 0.3) is 5.91 Å². The molecule has 1 aliphatic carbocycles. The summed E-state index contributed by atoms with van der Waals surface area (Å²) in [6, 6.07) is 21.3. The van der Waals surface area contributed by atoms with E-state index in [2.05, 4.69) is 34.9 Å². The molecule has 0 saturated heterocycles. The number of hydrogen-bond donors (Lipinski definition) is 4. The van der Waals surface area contributed by atoms with E-state index in [4.69, 9.17) is 4.74 Å². The maximum atomic E-state index is 12.3. The van der Waals surface area contributed by atoms with Crippen LogP contribution in [0.3, 0.4) is 0 Å². The molecule has 7 nitrogen and oxygen atoms in total. The van der Waals surface area contributed by atoms with E-state index < -0.39 is 18.3 Å². The third-order valence-corrected chi connectivity index (χ3v) is 6.58. The Balaban J connectivity index is 1.13. The molecule has 2 amide bonds. The molecule has 3 aromatic rings. The van der Waals surface area contributed by atoms with Crippen molar-refractivity contribution in [3.05, 3.63) is 94.5 Å². The summed E-state index contributed by atoms with van der Waals surface area (Å²) >= 11 is 0. The van der Waals surface area contributed by atoms with Gasteiger partial charge in [0, 0.05) is 24.6 Å². The third-order valence-electron chi connectivity index (χ3n) is 6.58. The molecular weight excluding hydrogens is 432 g/mol. The Bertz CT molecular complexity index is 1200. The van der Waals surface area contributed by atoms with E-state index in [0.29, 0.717) is 17.7 Å². The lowest BCUT2D eigenvalue weighted by Crippen LogP contribution is -2.30. The molecule has 174 valence electrons. The predicted octanol–water partition coefficient (Wildman–Crippen LogP) is 3.25. The molecule has 1 aliphatic heterocycles. The molecule has 0 aromatic heterocycles. The molecule has 3 aromatic carbocycles. The Morgan fingerprint density at radius 3 is 2.38 bits per heavy atom. The van der Waals surface area contributed by atoms with Crippen LogP contribution in [0.1, 0.15) is 51.1 Å². The van der Waals surface area contributed by atoms with Gasteiger partial charge in [-0.15, -0.1) is 0 Å². The normalized spacial score (nSPS) is 15.6. The van der Waals surface area contributed by atoms with Crippen molar-refractivity contribution >= 4 is 12.0 Å². The van der Waals surface area contributed by atoms with Gasteiger partial charge in [0.2, 0.25) is 0 Å². The van der Waals surface area contributed by atoms with Crippen LogP contribution in [-0.4, -0.2) is 41.5 Å². The summed E-state index contributed by atoms with van der Waals surface area (Å²) in [5.41, 5.74) is 6.44. The largest absolute Gasteiger partial charge is 0.449 e. The van der Waals surface area contributed by atoms with E-state index in [-0.39, 0.29) is 31.4 Å². The van der Waals surface area contributed by atoms with Gasteiger partial charge in [0.15, 0.2) is 0 Å². The number of carbonyl (C=O) groups excluding carboxylic acids is 2. The molecule has 0 saturated carbocycles. The number of rotatable bonds is 7. The second-order valence-corrected chi connectivity index (χ2v) is 8.65. The van der Waals surface area contributed by atoms with Gasteiger partial charge in [-0.25, -0.2) is 4.79 Å². The second kappa shape index (κ2) is 9.29. The minimum Gasteiger partial charge on any atom is -0.449 e. The summed E-state index contributed by atoms with van der Waals surface area (Å²) < 4.78 is 5.49. The fourth-order valence-corrected chi connectivity index (χ4v) is 4.77. The predicted molar refractivity (Wildman–Crippen MR) is 126 cm³/mol. The van der Waals surface area contributed by atoms with Crippen molar-refractivity contribution in [3.8, 4) is 11.1 Å². The number of ether oxygens (including phenoxy) is 1. The van der Waals surface area contributed by atoms with E-state index in [1.54, 1.807) is 18.2 Å². The number of hydrogen-bond acceptors (Lipinski definition) is 5. The summed E-state index contributed by atoms with van der Waals surface area (Å²) in [5.74, 6) is -0.210. The Morgan fingerprint density at radius 1 is 1.00 bits per heavy atom. The number of benzene rings is 3. The minimum absolute atomic E-state index is 0.0254. The number of nitrogens with one attached hydrogen (secondary N) is 2. The van der Waals surface area contributed by atoms with Crippen LogP contribution in [0.5, 0.6) is 0 Å². The van der Waals surface area contributed by atoms with Crippen molar-refractivity contribution in [2.75, 3.05) is 13.2 Å². The zero-order chi connectivity index (χ0) is 23.7. The summed E-state index contributed by atoms with van der Waals surface area (Å²) in [5, 5.41) is 26.2. The van der Waals surface area contributed by atoms with Gasteiger partial charge < -0.3 is 25.6 Å². The summed E-state index contributed by atoms with van der Waals surface area (Å²) in [6.45, 7) is 0.819. The third kappa shape index (κ3) is 4.16. The first-order valence-electron chi connectivity index (χ1n) is 11.4. The fraction of sp³-hybridized carbons (Fsp3) is 0.259. The quantitative estimate of drug-likeness (QED) is 0.435. The highest BCUT2D eigenvalue weighted by molar-refractivity contribution is 5.98. The van der Waals surface area contributed by atoms with Crippen molar-refractivity contribution in [2.24, 2.45) is 0 Å². The highest BCUT2D eigenvalue weighted by Crippen LogP contribution is 2.44. The zero-order valence-electron chi connectivity index (χ0n) is 18.5. The maximum absolute atomic E-state index is 12.3. The Morgan fingerprint density at radius 2 is 1.68 bits per heavy atom. The van der Waals surface area contributed by atoms with E-state index in [0.717, 1.165) is 27.8 Å². The number of alkyl carbamates (subject to hydrolysis) is 1. The van der Waals surface area contributed by atoms with Crippen LogP contribution in [-0.2, 0) is 11.3 Å². The SMILES string of the molecule is O=C(NCCC(O)C(O)c1ccc2c(c1)C(=O)NC2)OCC1c2ccccc2-c2ccccc21. The first kappa shape index (κ1) is 22.1. The Kier molecular flexibility index (Phi) is 6.04. The van der Waals surface area contributed by atoms with Crippen molar-refractivity contribution in [1.29, 1.82) is 0 Å². The van der Waals surface area contributed by atoms with Gasteiger partial charge in [-0.3, -0.25) is 4.79 Å². The number of carbonyl (C=O) groups is 2. The van der Waals surface area contributed by atoms with Crippen molar-refractivity contribution in [2.45, 2.75) is 31.1 Å². The van der Waals surface area contributed by atoms with E-state index in [1.165, 1.54) is 0 Å². The van der Waals surface area contributed by atoms with Crippen LogP contribution in [0.25, 0.3) is 11.1 Å². The molecule has 34 heavy (non-hydrogen) atoms. The number of fused-ring (bicyclic) bond motifs is 4. The van der Waals surface area contributed by atoms with Crippen molar-refractivity contribution in [1.82, 2.24) is 10.6 Å². The molecule has 0 spiro atoms. The molecule has 2 atom stereocenters. The number of aliphatic hydroxyl groups is 2. The zero-order valence-corrected chi connectivity index (χ0v) is 18.5. The lowest BCUT2D eigenvalue weighted by Gasteiger charge is -2.19. The molecular formula is C27H26N2O5. The monoisotopic (exact) mass is 458 g/mol. The van der Waals surface area contributed by atoms with Crippen LogP contribution < -0.4 is 10.6 Å². The van der Waals surface area contributed by atoms with Gasteiger partial charge in [-0.05, 0) is 45.9 Å². The second-order valence-electron chi connectivity index (χ2n) is 8.65. The Hall–Kier alpha value is -3.68. The van der Waals surface area contributed by atoms with Gasteiger partial charge >= 0.3 is 6.09 Å². The van der Waals surface area contributed by atoms with Crippen LogP contribution in [0.4, 0.5) is 4.79 Å².